The van der Waals surface area contributed by atoms with Gasteiger partial charge in [0.2, 0.25) is 0 Å². The number of hydrogen-bond donors (Lipinski definition) is 1. The van der Waals surface area contributed by atoms with Gasteiger partial charge < -0.3 is 14.6 Å². The molecule has 11 nitrogen and oxygen atoms in total. The first-order chi connectivity index (χ1) is 18.7. The number of non-ortho nitro benzene ring substituents is 1. The zero-order chi connectivity index (χ0) is 28.3. The lowest BCUT2D eigenvalue weighted by molar-refractivity contribution is -0.384. The summed E-state index contributed by atoms with van der Waals surface area (Å²) >= 11 is 0.847. The number of hydrogen-bond acceptors (Lipinski definition) is 10. The number of anilines is 1. The number of rotatable bonds is 9. The molecule has 0 bridgehead atoms. The molecule has 0 radical (unpaired) electrons. The molecule has 1 aliphatic rings. The number of aliphatic hydroxyl groups excluding tert-OH is 1. The topological polar surface area (TPSA) is 149 Å². The molecule has 3 aromatic rings. The van der Waals surface area contributed by atoms with Gasteiger partial charge in [-0.1, -0.05) is 36.1 Å². The number of nitrogens with zero attached hydrogens (tertiary/aromatic N) is 3. The SMILES string of the molecule is C=CCOC(=O)c1sc(N2C(=O)C(=O)C(=C(O)c3cccc(OCC)c3)C2c2ccc([N+](=O)[O-])cc2)nc1C. The number of aliphatic hydroxyl groups is 1. The molecule has 2 heterocycles. The molecule has 1 unspecified atom stereocenters. The number of carbonyl (C=O) groups excluding carboxylic acids is 3. The number of Topliss-reactive ketones (excluding diaryl/α,β-unsaturated/α-hetero) is 1. The molecule has 1 atom stereocenters. The van der Waals surface area contributed by atoms with Crippen molar-refractivity contribution in [2.75, 3.05) is 18.1 Å². The number of benzene rings is 2. The Morgan fingerprint density at radius 1 is 1.26 bits per heavy atom. The minimum Gasteiger partial charge on any atom is -0.507 e. The van der Waals surface area contributed by atoms with Gasteiger partial charge in [0.05, 0.1) is 28.8 Å². The molecule has 1 N–H and O–H groups in total. The largest absolute Gasteiger partial charge is 0.507 e. The van der Waals surface area contributed by atoms with E-state index >= 15 is 0 Å². The first-order valence-electron chi connectivity index (χ1n) is 11.7. The van der Waals surface area contributed by atoms with Gasteiger partial charge in [-0.2, -0.15) is 0 Å². The molecule has 4 rings (SSSR count). The number of aromatic nitrogens is 1. The van der Waals surface area contributed by atoms with Crippen molar-refractivity contribution in [1.82, 2.24) is 4.98 Å². The molecule has 0 aliphatic carbocycles. The highest BCUT2D eigenvalue weighted by molar-refractivity contribution is 7.17. The number of thiazole rings is 1. The van der Waals surface area contributed by atoms with Gasteiger partial charge in [0.1, 0.15) is 23.0 Å². The van der Waals surface area contributed by atoms with Crippen molar-refractivity contribution in [2.24, 2.45) is 0 Å². The minimum atomic E-state index is -1.19. The van der Waals surface area contributed by atoms with Gasteiger partial charge in [-0.3, -0.25) is 24.6 Å². The van der Waals surface area contributed by atoms with Crippen LogP contribution in [0.15, 0.2) is 66.8 Å². The molecule has 200 valence electrons. The zero-order valence-corrected chi connectivity index (χ0v) is 21.8. The second kappa shape index (κ2) is 11.3. The molecule has 0 saturated carbocycles. The Balaban J connectivity index is 1.89. The number of nitro benzene ring substituents is 1. The molecule has 1 fully saturated rings. The molecular weight excluding hydrogens is 526 g/mol. The van der Waals surface area contributed by atoms with E-state index in [1.807, 2.05) is 0 Å². The van der Waals surface area contributed by atoms with E-state index in [4.69, 9.17) is 9.47 Å². The predicted octanol–water partition coefficient (Wildman–Crippen LogP) is 4.73. The fourth-order valence-corrected chi connectivity index (χ4v) is 5.04. The van der Waals surface area contributed by atoms with Crippen molar-refractivity contribution >= 4 is 45.6 Å². The van der Waals surface area contributed by atoms with E-state index in [-0.39, 0.29) is 39.1 Å². The van der Waals surface area contributed by atoms with Crippen LogP contribution in [0.3, 0.4) is 0 Å². The molecule has 12 heteroatoms. The van der Waals surface area contributed by atoms with E-state index in [0.717, 1.165) is 16.2 Å². The number of amides is 1. The number of aryl methyl sites for hydroxylation is 1. The summed E-state index contributed by atoms with van der Waals surface area (Å²) in [7, 11) is 0. The number of nitro groups is 1. The molecule has 1 saturated heterocycles. The monoisotopic (exact) mass is 549 g/mol. The zero-order valence-electron chi connectivity index (χ0n) is 20.9. The number of ether oxygens (including phenoxy) is 2. The van der Waals surface area contributed by atoms with E-state index in [0.29, 0.717) is 17.9 Å². The van der Waals surface area contributed by atoms with Crippen LogP contribution in [0.5, 0.6) is 5.75 Å². The number of ketones is 1. The summed E-state index contributed by atoms with van der Waals surface area (Å²) in [5.41, 5.74) is 0.377. The fraction of sp³-hybridized carbons (Fsp3) is 0.185. The molecule has 1 amide bonds. The highest BCUT2D eigenvalue weighted by Crippen LogP contribution is 2.44. The van der Waals surface area contributed by atoms with Gasteiger partial charge in [0.15, 0.2) is 5.13 Å². The second-order valence-corrected chi connectivity index (χ2v) is 9.25. The Bertz CT molecular complexity index is 1510. The van der Waals surface area contributed by atoms with Gasteiger partial charge in [-0.15, -0.1) is 0 Å². The third kappa shape index (κ3) is 5.27. The molecule has 0 spiro atoms. The molecule has 39 heavy (non-hydrogen) atoms. The van der Waals surface area contributed by atoms with Gasteiger partial charge in [-0.05, 0) is 43.7 Å². The molecular formula is C27H23N3O8S. The minimum absolute atomic E-state index is 0.0191. The normalized spacial score (nSPS) is 16.3. The van der Waals surface area contributed by atoms with Crippen molar-refractivity contribution in [3.05, 3.63) is 98.6 Å². The maximum absolute atomic E-state index is 13.4. The Labute approximate surface area is 226 Å². The lowest BCUT2D eigenvalue weighted by Crippen LogP contribution is -2.29. The fourth-order valence-electron chi connectivity index (χ4n) is 4.05. The van der Waals surface area contributed by atoms with Crippen LogP contribution in [0, 0.1) is 17.0 Å². The summed E-state index contributed by atoms with van der Waals surface area (Å²) in [4.78, 5) is 55.4. The summed E-state index contributed by atoms with van der Waals surface area (Å²) < 4.78 is 10.6. The van der Waals surface area contributed by atoms with Crippen LogP contribution in [0.1, 0.15) is 39.5 Å². The van der Waals surface area contributed by atoms with Crippen molar-refractivity contribution < 1.29 is 33.9 Å². The third-order valence-corrected chi connectivity index (χ3v) is 6.93. The van der Waals surface area contributed by atoms with E-state index in [1.165, 1.54) is 36.4 Å². The Morgan fingerprint density at radius 2 is 1.97 bits per heavy atom. The van der Waals surface area contributed by atoms with E-state index < -0.39 is 34.4 Å². The van der Waals surface area contributed by atoms with E-state index in [9.17, 15) is 29.6 Å². The van der Waals surface area contributed by atoms with E-state index in [2.05, 4.69) is 11.6 Å². The summed E-state index contributed by atoms with van der Waals surface area (Å²) in [6, 6.07) is 10.5. The third-order valence-electron chi connectivity index (χ3n) is 5.79. The van der Waals surface area contributed by atoms with Crippen LogP contribution in [-0.2, 0) is 14.3 Å². The van der Waals surface area contributed by atoms with Crippen molar-refractivity contribution in [3.8, 4) is 5.75 Å². The van der Waals surface area contributed by atoms with Crippen LogP contribution >= 0.6 is 11.3 Å². The summed E-state index contributed by atoms with van der Waals surface area (Å²) in [5.74, 6) is -2.66. The van der Waals surface area contributed by atoms with Crippen LogP contribution in [0.25, 0.3) is 5.76 Å². The number of carbonyl (C=O) groups is 3. The first-order valence-corrected chi connectivity index (χ1v) is 12.5. The quantitative estimate of drug-likeness (QED) is 0.0760. The Kier molecular flexibility index (Phi) is 7.86. The van der Waals surface area contributed by atoms with Gasteiger partial charge in [-0.25, -0.2) is 9.78 Å². The first kappa shape index (κ1) is 27.2. The maximum Gasteiger partial charge on any atom is 0.350 e. The van der Waals surface area contributed by atoms with Gasteiger partial charge >= 0.3 is 11.9 Å². The van der Waals surface area contributed by atoms with Gasteiger partial charge in [0.25, 0.3) is 11.5 Å². The Hall–Kier alpha value is -4.84. The second-order valence-electron chi connectivity index (χ2n) is 8.28. The van der Waals surface area contributed by atoms with E-state index in [1.54, 1.807) is 32.0 Å². The molecule has 2 aromatic carbocycles. The smallest absolute Gasteiger partial charge is 0.350 e. The van der Waals surface area contributed by atoms with Crippen LogP contribution < -0.4 is 9.64 Å². The van der Waals surface area contributed by atoms with Gasteiger partial charge in [0, 0.05) is 17.7 Å². The van der Waals surface area contributed by atoms with Crippen LogP contribution in [0.2, 0.25) is 0 Å². The predicted molar refractivity (Wildman–Crippen MR) is 143 cm³/mol. The Morgan fingerprint density at radius 3 is 2.62 bits per heavy atom. The standard InChI is InChI=1S/C27H23N3O8S/c1-4-13-38-26(34)24-15(3)28-27(39-24)29-21(16-9-11-18(12-10-16)30(35)36)20(23(32)25(29)33)22(31)17-7-6-8-19(14-17)37-5-2/h4,6-12,14,21,31H,1,5,13H2,2-3H3. The van der Waals surface area contributed by atoms with Crippen LogP contribution in [0.4, 0.5) is 10.8 Å². The average molecular weight is 550 g/mol. The summed E-state index contributed by atoms with van der Waals surface area (Å²) in [6.45, 7) is 7.20. The molecule has 1 aliphatic heterocycles. The lowest BCUT2D eigenvalue weighted by atomic mass is 9.95. The lowest BCUT2D eigenvalue weighted by Gasteiger charge is -2.23. The van der Waals surface area contributed by atoms with Crippen molar-refractivity contribution in [3.63, 3.8) is 0 Å². The van der Waals surface area contributed by atoms with Crippen molar-refractivity contribution in [2.45, 2.75) is 19.9 Å². The average Bonchev–Trinajstić information content (AvgIpc) is 3.43. The highest BCUT2D eigenvalue weighted by atomic mass is 32.1. The number of esters is 1. The highest BCUT2D eigenvalue weighted by Gasteiger charge is 2.48. The van der Waals surface area contributed by atoms with Crippen molar-refractivity contribution in [1.29, 1.82) is 0 Å². The maximum atomic E-state index is 13.4. The summed E-state index contributed by atoms with van der Waals surface area (Å²) in [6.07, 6.45) is 1.41. The van der Waals surface area contributed by atoms with Crippen LogP contribution in [-0.4, -0.2) is 45.9 Å². The summed E-state index contributed by atoms with van der Waals surface area (Å²) in [5, 5.41) is 22.5. The molecule has 1 aromatic heterocycles.